The van der Waals surface area contributed by atoms with E-state index in [1.54, 1.807) is 0 Å². The van der Waals surface area contributed by atoms with E-state index in [2.05, 4.69) is 191 Å². The maximum absolute atomic E-state index is 6.45. The lowest BCUT2D eigenvalue weighted by Crippen LogP contribution is -2.14. The van der Waals surface area contributed by atoms with Gasteiger partial charge in [0.2, 0.25) is 11.5 Å². The van der Waals surface area contributed by atoms with Crippen molar-refractivity contribution in [3.63, 3.8) is 0 Å². The van der Waals surface area contributed by atoms with E-state index in [9.17, 15) is 0 Å². The van der Waals surface area contributed by atoms with E-state index in [4.69, 9.17) is 9.40 Å². The van der Waals surface area contributed by atoms with Crippen molar-refractivity contribution in [1.29, 1.82) is 0 Å². The highest BCUT2D eigenvalue weighted by Gasteiger charge is 2.35. The van der Waals surface area contributed by atoms with Gasteiger partial charge in [-0.2, -0.15) is 0 Å². The molecule has 4 aromatic heterocycles. The van der Waals surface area contributed by atoms with Crippen molar-refractivity contribution in [3.05, 3.63) is 193 Å². The first-order chi connectivity index (χ1) is 29.0. The molecule has 0 bridgehead atoms. The third-order valence-electron chi connectivity index (χ3n) is 12.9. The quantitative estimate of drug-likeness (QED) is 0.179. The Bertz CT molecular complexity index is 3690. The molecule has 12 aromatic rings. The van der Waals surface area contributed by atoms with Gasteiger partial charge in [-0.1, -0.05) is 123 Å². The zero-order valence-electron chi connectivity index (χ0n) is 32.5. The second kappa shape index (κ2) is 11.7. The third-order valence-corrected chi connectivity index (χ3v) is 12.9. The van der Waals surface area contributed by atoms with Crippen molar-refractivity contribution in [3.8, 4) is 44.8 Å². The van der Waals surface area contributed by atoms with Gasteiger partial charge in [0.15, 0.2) is 0 Å². The monoisotopic (exact) mass is 756 g/mol. The van der Waals surface area contributed by atoms with Crippen molar-refractivity contribution in [2.24, 2.45) is 0 Å². The molecule has 4 heterocycles. The Morgan fingerprint density at radius 2 is 1.07 bits per heavy atom. The largest absolute Gasteiger partial charge is 0.437 e. The minimum Gasteiger partial charge on any atom is -0.437 e. The predicted molar refractivity (Wildman–Crippen MR) is 242 cm³/mol. The molecule has 0 unspecified atom stereocenters. The molecule has 0 saturated heterocycles. The van der Waals surface area contributed by atoms with Crippen LogP contribution in [0, 0.1) is 0 Å². The molecule has 8 aromatic carbocycles. The Hall–Kier alpha value is -7.63. The lowest BCUT2D eigenvalue weighted by molar-refractivity contribution is 0.651. The molecule has 13 rings (SSSR count). The standard InChI is InChI=1S/C54H36N4O/c1-54(2)44-17-9-6-14-39(44)40-27-22-35(31-45(40)54)33-20-25-38(26-21-33)56-46-18-10-7-15-41(46)43-30-34(23-28-47(43)56)36-24-29-48-49(32-36)57(37-12-4-3-5-13-37)53-55-51-42-16-8-11-19-50(42)59-52(51)58(48)53/h3-32H,1-2H3. The van der Waals surface area contributed by atoms with E-state index < -0.39 is 0 Å². The number of furan rings is 1. The van der Waals surface area contributed by atoms with Crippen LogP contribution < -0.4 is 0 Å². The van der Waals surface area contributed by atoms with Gasteiger partial charge >= 0.3 is 0 Å². The van der Waals surface area contributed by atoms with E-state index in [1.807, 2.05) is 18.2 Å². The van der Waals surface area contributed by atoms with Crippen LogP contribution in [0.25, 0.3) is 106 Å². The minimum atomic E-state index is -0.0317. The fourth-order valence-electron chi connectivity index (χ4n) is 10.0. The minimum absolute atomic E-state index is 0.0317. The Labute approximate surface area is 339 Å². The molecule has 0 atom stereocenters. The molecule has 0 radical (unpaired) electrons. The molecule has 1 aliphatic rings. The molecule has 0 N–H and O–H groups in total. The van der Waals surface area contributed by atoms with Gasteiger partial charge < -0.3 is 8.98 Å². The normalized spacial score (nSPS) is 13.4. The van der Waals surface area contributed by atoms with E-state index in [0.717, 1.165) is 61.5 Å². The molecule has 1 aliphatic carbocycles. The Morgan fingerprint density at radius 3 is 1.93 bits per heavy atom. The van der Waals surface area contributed by atoms with Crippen molar-refractivity contribution in [2.75, 3.05) is 0 Å². The number of imidazole rings is 2. The van der Waals surface area contributed by atoms with Crippen LogP contribution in [0.15, 0.2) is 186 Å². The number of fused-ring (bicyclic) bond motifs is 13. The maximum Gasteiger partial charge on any atom is 0.234 e. The number of hydrogen-bond donors (Lipinski definition) is 0. The number of nitrogens with zero attached hydrogens (tertiary/aromatic N) is 4. The zero-order chi connectivity index (χ0) is 39.0. The number of rotatable bonds is 4. The Kier molecular flexibility index (Phi) is 6.44. The molecule has 0 aliphatic heterocycles. The molecular weight excluding hydrogens is 721 g/mol. The van der Waals surface area contributed by atoms with Crippen LogP contribution in [-0.2, 0) is 5.41 Å². The first-order valence-electron chi connectivity index (χ1n) is 20.3. The highest BCUT2D eigenvalue weighted by molar-refractivity contribution is 6.11. The highest BCUT2D eigenvalue weighted by atomic mass is 16.3. The van der Waals surface area contributed by atoms with Gasteiger partial charge in [-0.3, -0.25) is 4.57 Å². The molecule has 278 valence electrons. The summed E-state index contributed by atoms with van der Waals surface area (Å²) in [6, 6.07) is 65.9. The van der Waals surface area contributed by atoms with Gasteiger partial charge in [-0.25, -0.2) is 9.38 Å². The summed E-state index contributed by atoms with van der Waals surface area (Å²) in [6.45, 7) is 4.69. The average molecular weight is 757 g/mol. The lowest BCUT2D eigenvalue weighted by Gasteiger charge is -2.22. The second-order valence-electron chi connectivity index (χ2n) is 16.4. The first kappa shape index (κ1) is 32.5. The topological polar surface area (TPSA) is 40.3 Å². The van der Waals surface area contributed by atoms with Crippen LogP contribution in [0.5, 0.6) is 0 Å². The molecule has 0 saturated carbocycles. The van der Waals surface area contributed by atoms with Gasteiger partial charge in [0, 0.05) is 32.9 Å². The molecular formula is C54H36N4O. The third kappa shape index (κ3) is 4.47. The summed E-state index contributed by atoms with van der Waals surface area (Å²) in [5.41, 5.74) is 19.4. The van der Waals surface area contributed by atoms with Gasteiger partial charge in [-0.05, 0) is 117 Å². The van der Waals surface area contributed by atoms with Crippen LogP contribution in [-0.4, -0.2) is 18.5 Å². The van der Waals surface area contributed by atoms with Crippen LogP contribution in [0.2, 0.25) is 0 Å². The van der Waals surface area contributed by atoms with Crippen molar-refractivity contribution >= 4 is 60.8 Å². The summed E-state index contributed by atoms with van der Waals surface area (Å²) >= 11 is 0. The van der Waals surface area contributed by atoms with Crippen molar-refractivity contribution < 1.29 is 4.42 Å². The van der Waals surface area contributed by atoms with E-state index in [-0.39, 0.29) is 5.41 Å². The second-order valence-corrected chi connectivity index (χ2v) is 16.4. The van der Waals surface area contributed by atoms with E-state index in [0.29, 0.717) is 0 Å². The Balaban J connectivity index is 0.926. The summed E-state index contributed by atoms with van der Waals surface area (Å²) in [5.74, 6) is 0.831. The zero-order valence-corrected chi connectivity index (χ0v) is 32.5. The molecule has 0 spiro atoms. The van der Waals surface area contributed by atoms with Crippen LogP contribution in [0.4, 0.5) is 0 Å². The van der Waals surface area contributed by atoms with Gasteiger partial charge in [0.1, 0.15) is 11.1 Å². The van der Waals surface area contributed by atoms with E-state index in [1.165, 1.54) is 55.2 Å². The number of para-hydroxylation sites is 3. The summed E-state index contributed by atoms with van der Waals surface area (Å²) in [5, 5.41) is 3.47. The van der Waals surface area contributed by atoms with Gasteiger partial charge in [-0.15, -0.1) is 0 Å². The molecule has 59 heavy (non-hydrogen) atoms. The van der Waals surface area contributed by atoms with Crippen molar-refractivity contribution in [1.82, 2.24) is 18.5 Å². The fraction of sp³-hybridized carbons (Fsp3) is 0.0556. The van der Waals surface area contributed by atoms with Crippen molar-refractivity contribution in [2.45, 2.75) is 19.3 Å². The number of aromatic nitrogens is 4. The van der Waals surface area contributed by atoms with Crippen LogP contribution in [0.1, 0.15) is 25.0 Å². The van der Waals surface area contributed by atoms with Crippen LogP contribution >= 0.6 is 0 Å². The number of hydrogen-bond acceptors (Lipinski definition) is 2. The average Bonchev–Trinajstić information content (AvgIpc) is 4.06. The van der Waals surface area contributed by atoms with E-state index >= 15 is 0 Å². The molecule has 0 amide bonds. The summed E-state index contributed by atoms with van der Waals surface area (Å²) in [7, 11) is 0. The predicted octanol–water partition coefficient (Wildman–Crippen LogP) is 13.9. The lowest BCUT2D eigenvalue weighted by atomic mass is 9.81. The highest BCUT2D eigenvalue weighted by Crippen LogP contribution is 2.49. The number of benzene rings is 8. The molecule has 0 fully saturated rings. The summed E-state index contributed by atoms with van der Waals surface area (Å²) < 4.78 is 13.3. The SMILES string of the molecule is CC1(C)c2ccccc2-c2ccc(-c3ccc(-n4c5ccccc5c5cc(-c6ccc7c(c6)n(-c6ccccc6)c6nc8c9ccccc9oc8n76)ccc54)cc3)cc21. The fourth-order valence-corrected chi connectivity index (χ4v) is 10.0. The molecule has 5 nitrogen and oxygen atoms in total. The smallest absolute Gasteiger partial charge is 0.234 e. The van der Waals surface area contributed by atoms with Gasteiger partial charge in [0.05, 0.1) is 22.1 Å². The summed E-state index contributed by atoms with van der Waals surface area (Å²) in [6.07, 6.45) is 0. The van der Waals surface area contributed by atoms with Gasteiger partial charge in [0.25, 0.3) is 0 Å². The first-order valence-corrected chi connectivity index (χ1v) is 20.3. The molecule has 5 heteroatoms. The Morgan fingerprint density at radius 1 is 0.441 bits per heavy atom. The summed E-state index contributed by atoms with van der Waals surface area (Å²) in [4.78, 5) is 5.21. The van der Waals surface area contributed by atoms with Crippen LogP contribution in [0.3, 0.4) is 0 Å². The maximum atomic E-state index is 6.45.